The second-order valence-electron chi connectivity index (χ2n) is 5.24. The van der Waals surface area contributed by atoms with Gasteiger partial charge in [-0.05, 0) is 24.6 Å². The van der Waals surface area contributed by atoms with Gasteiger partial charge in [-0.15, -0.1) is 0 Å². The number of benzene rings is 1. The quantitative estimate of drug-likeness (QED) is 0.831. The summed E-state index contributed by atoms with van der Waals surface area (Å²) in [7, 11) is -3.66. The number of nitrogens with zero attached hydrogens (tertiary/aromatic N) is 1. The normalized spacial score (nSPS) is 13.3. The van der Waals surface area contributed by atoms with Gasteiger partial charge < -0.3 is 9.73 Å². The van der Waals surface area contributed by atoms with Crippen molar-refractivity contribution >= 4 is 27.6 Å². The van der Waals surface area contributed by atoms with Gasteiger partial charge in [0, 0.05) is 5.69 Å². The lowest BCUT2D eigenvalue weighted by Crippen LogP contribution is -2.32. The number of oxazole rings is 1. The van der Waals surface area contributed by atoms with E-state index >= 15 is 0 Å². The van der Waals surface area contributed by atoms with Crippen LogP contribution in [-0.2, 0) is 21.0 Å². The van der Waals surface area contributed by atoms with Crippen molar-refractivity contribution in [3.8, 4) is 0 Å². The van der Waals surface area contributed by atoms with E-state index in [1.54, 1.807) is 0 Å². The van der Waals surface area contributed by atoms with Gasteiger partial charge in [-0.3, -0.25) is 9.52 Å². The molecule has 0 saturated carbocycles. The summed E-state index contributed by atoms with van der Waals surface area (Å²) in [6.07, 6.45) is -3.24. The Morgan fingerprint density at radius 1 is 1.24 bits per heavy atom. The molecule has 2 N–H and O–H groups in total. The van der Waals surface area contributed by atoms with E-state index < -0.39 is 33.7 Å². The Balaban J connectivity index is 2.07. The van der Waals surface area contributed by atoms with E-state index in [1.165, 1.54) is 31.2 Å². The van der Waals surface area contributed by atoms with Crippen LogP contribution in [0.2, 0.25) is 0 Å². The van der Waals surface area contributed by atoms with Gasteiger partial charge in [0.05, 0.1) is 12.2 Å². The van der Waals surface area contributed by atoms with Crippen LogP contribution < -0.4 is 10.0 Å². The van der Waals surface area contributed by atoms with Crippen molar-refractivity contribution in [1.29, 1.82) is 0 Å². The van der Waals surface area contributed by atoms with Crippen molar-refractivity contribution in [2.24, 2.45) is 0 Å². The van der Waals surface area contributed by atoms with Crippen LogP contribution in [0.15, 0.2) is 34.9 Å². The molecule has 0 aliphatic heterocycles. The van der Waals surface area contributed by atoms with Crippen molar-refractivity contribution in [3.63, 3.8) is 0 Å². The number of nitrogens with one attached hydrogen (secondary N) is 2. The van der Waals surface area contributed by atoms with E-state index in [1.807, 2.05) is 4.72 Å². The smallest absolute Gasteiger partial charge is 0.431 e. The van der Waals surface area contributed by atoms with E-state index in [2.05, 4.69) is 10.3 Å². The highest BCUT2D eigenvalue weighted by Crippen LogP contribution is 2.30. The minimum absolute atomic E-state index is 0.331. The molecule has 1 amide bonds. The predicted octanol–water partition coefficient (Wildman–Crippen LogP) is 2.62. The molecule has 7 nitrogen and oxygen atoms in total. The maximum atomic E-state index is 12.4. The minimum Gasteiger partial charge on any atom is -0.431 e. The first-order valence-electron chi connectivity index (χ1n) is 6.87. The summed E-state index contributed by atoms with van der Waals surface area (Å²) in [5.74, 6) is -1.42. The third-order valence-electron chi connectivity index (χ3n) is 3.14. The van der Waals surface area contributed by atoms with Gasteiger partial charge in [0.1, 0.15) is 6.26 Å². The average Bonchev–Trinajstić information content (AvgIpc) is 2.94. The minimum atomic E-state index is -4.60. The summed E-state index contributed by atoms with van der Waals surface area (Å²) in [5, 5.41) is 2.56. The van der Waals surface area contributed by atoms with Gasteiger partial charge in [-0.2, -0.15) is 18.2 Å². The third kappa shape index (κ3) is 5.21. The second-order valence-corrected chi connectivity index (χ2v) is 6.99. The largest absolute Gasteiger partial charge is 0.436 e. The zero-order valence-corrected chi connectivity index (χ0v) is 13.9. The second kappa shape index (κ2) is 6.75. The molecule has 1 aromatic carbocycles. The van der Waals surface area contributed by atoms with E-state index in [-0.39, 0.29) is 6.01 Å². The average molecular weight is 377 g/mol. The summed E-state index contributed by atoms with van der Waals surface area (Å²) in [5.41, 5.74) is -0.247. The molecule has 0 fully saturated rings. The van der Waals surface area contributed by atoms with Gasteiger partial charge in [0.25, 0.3) is 6.01 Å². The van der Waals surface area contributed by atoms with Gasteiger partial charge in [0.2, 0.25) is 15.9 Å². The van der Waals surface area contributed by atoms with E-state index in [4.69, 9.17) is 4.42 Å². The van der Waals surface area contributed by atoms with Crippen LogP contribution in [0.5, 0.6) is 0 Å². The predicted molar refractivity (Wildman–Crippen MR) is 82.6 cm³/mol. The van der Waals surface area contributed by atoms with Crippen LogP contribution >= 0.6 is 0 Å². The molecule has 1 heterocycles. The SMILES string of the molecule is CC(C(=O)NS(C)(=O)=O)c1ccc(Nc2nc(C(F)(F)F)co2)cc1. The lowest BCUT2D eigenvalue weighted by atomic mass is 10.0. The Morgan fingerprint density at radius 3 is 2.32 bits per heavy atom. The van der Waals surface area contributed by atoms with Crippen LogP contribution in [0.4, 0.5) is 24.9 Å². The number of alkyl halides is 3. The molecule has 25 heavy (non-hydrogen) atoms. The van der Waals surface area contributed by atoms with Gasteiger partial charge in [0.15, 0.2) is 5.69 Å². The van der Waals surface area contributed by atoms with E-state index in [9.17, 15) is 26.4 Å². The topological polar surface area (TPSA) is 101 Å². The number of anilines is 2. The van der Waals surface area contributed by atoms with Crippen LogP contribution in [-0.4, -0.2) is 25.6 Å². The van der Waals surface area contributed by atoms with Crippen LogP contribution in [0.25, 0.3) is 0 Å². The molecule has 0 aliphatic rings. The first-order chi connectivity index (χ1) is 11.5. The van der Waals surface area contributed by atoms with Crippen LogP contribution in [0.3, 0.4) is 0 Å². The Morgan fingerprint density at radius 2 is 1.84 bits per heavy atom. The Hall–Kier alpha value is -2.56. The van der Waals surface area contributed by atoms with Gasteiger partial charge in [-0.1, -0.05) is 12.1 Å². The summed E-state index contributed by atoms with van der Waals surface area (Å²) < 4.78 is 66.0. The van der Waals surface area contributed by atoms with Crippen molar-refractivity contribution < 1.29 is 30.8 Å². The Kier molecular flexibility index (Phi) is 5.07. The molecule has 0 saturated heterocycles. The number of carbonyl (C=O) groups excluding carboxylic acids is 1. The molecule has 0 radical (unpaired) electrons. The maximum Gasteiger partial charge on any atom is 0.436 e. The van der Waals surface area contributed by atoms with E-state index in [0.29, 0.717) is 17.5 Å². The third-order valence-corrected chi connectivity index (χ3v) is 3.71. The number of amides is 1. The molecule has 2 rings (SSSR count). The number of aromatic nitrogens is 1. The number of hydrogen-bond donors (Lipinski definition) is 2. The first kappa shape index (κ1) is 18.8. The number of carbonyl (C=O) groups is 1. The number of sulfonamides is 1. The van der Waals surface area contributed by atoms with Crippen molar-refractivity contribution in [3.05, 3.63) is 41.8 Å². The van der Waals surface area contributed by atoms with Crippen molar-refractivity contribution in [2.45, 2.75) is 19.0 Å². The summed E-state index contributed by atoms with van der Waals surface area (Å²) in [6.45, 7) is 1.52. The molecule has 1 aromatic heterocycles. The van der Waals surface area contributed by atoms with Gasteiger partial charge in [-0.25, -0.2) is 8.42 Å². The molecule has 1 atom stereocenters. The van der Waals surface area contributed by atoms with Gasteiger partial charge >= 0.3 is 6.18 Å². The number of halogens is 3. The molecule has 1 unspecified atom stereocenters. The molecule has 136 valence electrons. The molecule has 2 aromatic rings. The fourth-order valence-corrected chi connectivity index (χ4v) is 2.40. The lowest BCUT2D eigenvalue weighted by molar-refractivity contribution is -0.141. The van der Waals surface area contributed by atoms with E-state index in [0.717, 1.165) is 6.26 Å². The van der Waals surface area contributed by atoms with Crippen molar-refractivity contribution in [2.75, 3.05) is 11.6 Å². The molecular weight excluding hydrogens is 363 g/mol. The molecular formula is C14H14F3N3O4S. The van der Waals surface area contributed by atoms with Crippen LogP contribution in [0, 0.1) is 0 Å². The first-order valence-corrected chi connectivity index (χ1v) is 8.76. The summed E-state index contributed by atoms with van der Waals surface area (Å²) in [6, 6.07) is 5.72. The molecule has 0 aliphatic carbocycles. The highest BCUT2D eigenvalue weighted by Gasteiger charge is 2.34. The fourth-order valence-electron chi connectivity index (χ4n) is 1.86. The summed E-state index contributed by atoms with van der Waals surface area (Å²) >= 11 is 0. The number of rotatable bonds is 5. The van der Waals surface area contributed by atoms with Crippen molar-refractivity contribution in [1.82, 2.24) is 9.71 Å². The Labute approximate surface area is 141 Å². The fraction of sp³-hybridized carbons (Fsp3) is 0.286. The molecule has 11 heteroatoms. The highest BCUT2D eigenvalue weighted by molar-refractivity contribution is 7.89. The maximum absolute atomic E-state index is 12.4. The molecule has 0 spiro atoms. The number of hydrogen-bond acceptors (Lipinski definition) is 6. The zero-order valence-electron chi connectivity index (χ0n) is 13.1. The standard InChI is InChI=1S/C14H14F3N3O4S/c1-8(12(21)20-25(2,22)23)9-3-5-10(6-4-9)18-13-19-11(7-24-13)14(15,16)17/h3-8H,1-2H3,(H,18,19)(H,20,21). The van der Waals surface area contributed by atoms with Crippen LogP contribution in [0.1, 0.15) is 24.1 Å². The Bertz CT molecular complexity index is 860. The lowest BCUT2D eigenvalue weighted by Gasteiger charge is -2.12. The zero-order chi connectivity index (χ0) is 18.8. The summed E-state index contributed by atoms with van der Waals surface area (Å²) in [4.78, 5) is 15.1. The highest BCUT2D eigenvalue weighted by atomic mass is 32.2. The molecule has 0 bridgehead atoms. The monoisotopic (exact) mass is 377 g/mol.